The van der Waals surface area contributed by atoms with Crippen molar-refractivity contribution < 1.29 is 17.6 Å². The van der Waals surface area contributed by atoms with Crippen molar-refractivity contribution in [2.75, 3.05) is 31.1 Å². The Morgan fingerprint density at radius 3 is 2.58 bits per heavy atom. The van der Waals surface area contributed by atoms with E-state index in [1.54, 1.807) is 13.0 Å². The average Bonchev–Trinajstić information content (AvgIpc) is 3.19. The number of nitrogens with zero attached hydrogens (tertiary/aromatic N) is 3. The number of fused-ring (bicyclic) bond motifs is 1. The lowest BCUT2D eigenvalue weighted by Gasteiger charge is -2.39. The molecule has 0 aromatic heterocycles. The molecule has 5 rings (SSSR count). The lowest BCUT2D eigenvalue weighted by Crippen LogP contribution is -2.51. The summed E-state index contributed by atoms with van der Waals surface area (Å²) in [5.74, 6) is -0.173. The van der Waals surface area contributed by atoms with Crippen LogP contribution < -0.4 is 4.90 Å². The maximum absolute atomic E-state index is 15.3. The number of halogens is 1. The van der Waals surface area contributed by atoms with Crippen LogP contribution in [-0.4, -0.2) is 55.8 Å². The summed E-state index contributed by atoms with van der Waals surface area (Å²) < 4.78 is 43.7. The highest BCUT2D eigenvalue weighted by Gasteiger charge is 2.40. The number of rotatable bonds is 4. The van der Waals surface area contributed by atoms with E-state index in [2.05, 4.69) is 4.90 Å². The smallest absolute Gasteiger partial charge is 0.223 e. The molecule has 0 N–H and O–H groups in total. The molecule has 3 aliphatic heterocycles. The largest absolute Gasteiger partial charge is 0.368 e. The summed E-state index contributed by atoms with van der Waals surface area (Å²) in [6.07, 6.45) is 2.76. The first-order valence-electron chi connectivity index (χ1n) is 11.8. The fraction of sp³-hybridized carbons (Fsp3) is 0.480. The normalized spacial score (nSPS) is 26.3. The second-order valence-corrected chi connectivity index (χ2v) is 11.4. The number of anilines is 1. The third-order valence-electron chi connectivity index (χ3n) is 7.43. The molecule has 0 aliphatic carbocycles. The standard InChI is InChI=1S/C25H30FN3O3S/c1-18(29-13-5-8-24(33(29,31)32)19-6-3-2-4-7-19)22-11-9-20(16-23(22)26)27-14-15-28-21(17-27)10-12-25(28)30/h2-4,6-7,9,11,16,18,21,24H,5,8,10,12-15,17H2,1H3/t18?,21-,24?/m0/s1. The van der Waals surface area contributed by atoms with E-state index in [1.807, 2.05) is 41.3 Å². The van der Waals surface area contributed by atoms with Crippen LogP contribution in [0, 0.1) is 5.82 Å². The van der Waals surface area contributed by atoms with Crippen molar-refractivity contribution in [1.82, 2.24) is 9.21 Å². The van der Waals surface area contributed by atoms with Crippen molar-refractivity contribution in [3.63, 3.8) is 0 Å². The van der Waals surface area contributed by atoms with Gasteiger partial charge in [-0.3, -0.25) is 4.79 Å². The molecule has 3 atom stereocenters. The minimum atomic E-state index is -3.61. The fourth-order valence-electron chi connectivity index (χ4n) is 5.60. The van der Waals surface area contributed by atoms with Gasteiger partial charge in [0.05, 0.1) is 0 Å². The lowest BCUT2D eigenvalue weighted by molar-refractivity contribution is -0.129. The Morgan fingerprint density at radius 2 is 1.82 bits per heavy atom. The molecule has 2 aromatic rings. The maximum Gasteiger partial charge on any atom is 0.223 e. The van der Waals surface area contributed by atoms with E-state index in [9.17, 15) is 13.2 Å². The molecule has 0 bridgehead atoms. The van der Waals surface area contributed by atoms with Gasteiger partial charge < -0.3 is 9.80 Å². The van der Waals surface area contributed by atoms with E-state index in [1.165, 1.54) is 10.4 Å². The van der Waals surface area contributed by atoms with Gasteiger partial charge in [-0.15, -0.1) is 0 Å². The van der Waals surface area contributed by atoms with Crippen LogP contribution >= 0.6 is 0 Å². The van der Waals surface area contributed by atoms with Crippen molar-refractivity contribution in [1.29, 1.82) is 0 Å². The second kappa shape index (κ2) is 8.72. The zero-order valence-corrected chi connectivity index (χ0v) is 19.7. The summed E-state index contributed by atoms with van der Waals surface area (Å²) in [6.45, 7) is 4.21. The quantitative estimate of drug-likeness (QED) is 0.679. The highest BCUT2D eigenvalue weighted by Crippen LogP contribution is 2.39. The molecule has 0 spiro atoms. The van der Waals surface area contributed by atoms with E-state index in [0.29, 0.717) is 44.6 Å². The Labute approximate surface area is 195 Å². The van der Waals surface area contributed by atoms with Crippen LogP contribution in [-0.2, 0) is 14.8 Å². The molecule has 3 heterocycles. The minimum Gasteiger partial charge on any atom is -0.368 e. The number of carbonyl (C=O) groups is 1. The van der Waals surface area contributed by atoms with Gasteiger partial charge in [-0.1, -0.05) is 36.4 Å². The third kappa shape index (κ3) is 4.04. The minimum absolute atomic E-state index is 0.196. The van der Waals surface area contributed by atoms with E-state index >= 15 is 4.39 Å². The molecule has 33 heavy (non-hydrogen) atoms. The highest BCUT2D eigenvalue weighted by atomic mass is 32.2. The summed E-state index contributed by atoms with van der Waals surface area (Å²) in [4.78, 5) is 16.0. The molecular weight excluding hydrogens is 441 g/mol. The highest BCUT2D eigenvalue weighted by molar-refractivity contribution is 7.89. The molecule has 8 heteroatoms. The van der Waals surface area contributed by atoms with Crippen molar-refractivity contribution in [2.24, 2.45) is 0 Å². The van der Waals surface area contributed by atoms with Crippen LogP contribution in [0.4, 0.5) is 10.1 Å². The van der Waals surface area contributed by atoms with Gasteiger partial charge >= 0.3 is 0 Å². The SMILES string of the molecule is CC(c1ccc(N2CCN3C(=O)CC[C@H]3C2)cc1F)N1CCCC(c2ccccc2)S1(=O)=O. The summed E-state index contributed by atoms with van der Waals surface area (Å²) >= 11 is 0. The lowest BCUT2D eigenvalue weighted by atomic mass is 10.0. The number of hydrogen-bond acceptors (Lipinski definition) is 4. The Balaban J connectivity index is 1.35. The average molecular weight is 472 g/mol. The van der Waals surface area contributed by atoms with E-state index in [4.69, 9.17) is 0 Å². The van der Waals surface area contributed by atoms with Crippen LogP contribution in [0.3, 0.4) is 0 Å². The molecule has 3 saturated heterocycles. The molecule has 6 nitrogen and oxygen atoms in total. The zero-order chi connectivity index (χ0) is 23.2. The Morgan fingerprint density at radius 1 is 1.03 bits per heavy atom. The maximum atomic E-state index is 15.3. The Hall–Kier alpha value is -2.45. The molecule has 1 amide bonds. The number of benzene rings is 2. The molecule has 176 valence electrons. The van der Waals surface area contributed by atoms with Gasteiger partial charge in [0.2, 0.25) is 15.9 Å². The van der Waals surface area contributed by atoms with Crippen molar-refractivity contribution >= 4 is 21.6 Å². The summed E-state index contributed by atoms with van der Waals surface area (Å²) in [5.41, 5.74) is 1.96. The fourth-order valence-corrected chi connectivity index (χ4v) is 7.83. The van der Waals surface area contributed by atoms with Crippen LogP contribution in [0.25, 0.3) is 0 Å². The monoisotopic (exact) mass is 471 g/mol. The predicted molar refractivity (Wildman–Crippen MR) is 126 cm³/mol. The van der Waals surface area contributed by atoms with E-state index < -0.39 is 21.3 Å². The van der Waals surface area contributed by atoms with Crippen molar-refractivity contribution in [2.45, 2.75) is 49.9 Å². The van der Waals surface area contributed by atoms with Gasteiger partial charge in [-0.05, 0) is 43.9 Å². The number of hydrogen-bond donors (Lipinski definition) is 0. The zero-order valence-electron chi connectivity index (χ0n) is 18.9. The Bertz CT molecular complexity index is 1140. The summed E-state index contributed by atoms with van der Waals surface area (Å²) in [6, 6.07) is 14.0. The molecule has 2 unspecified atom stereocenters. The van der Waals surface area contributed by atoms with Gasteiger partial charge in [0.25, 0.3) is 0 Å². The van der Waals surface area contributed by atoms with Gasteiger partial charge in [-0.2, -0.15) is 4.31 Å². The van der Waals surface area contributed by atoms with E-state index in [0.717, 1.165) is 24.1 Å². The first-order chi connectivity index (χ1) is 15.9. The number of piperazine rings is 1. The summed E-state index contributed by atoms with van der Waals surface area (Å²) in [7, 11) is -3.61. The van der Waals surface area contributed by atoms with Crippen molar-refractivity contribution in [3.8, 4) is 0 Å². The van der Waals surface area contributed by atoms with Gasteiger partial charge in [-0.25, -0.2) is 12.8 Å². The van der Waals surface area contributed by atoms with Crippen LogP contribution in [0.1, 0.15) is 55.0 Å². The molecule has 2 aromatic carbocycles. The third-order valence-corrected chi connectivity index (χ3v) is 9.81. The second-order valence-electron chi connectivity index (χ2n) is 9.30. The summed E-state index contributed by atoms with van der Waals surface area (Å²) in [5, 5.41) is -0.595. The first-order valence-corrected chi connectivity index (χ1v) is 13.3. The predicted octanol–water partition coefficient (Wildman–Crippen LogP) is 3.86. The molecule has 3 aliphatic rings. The van der Waals surface area contributed by atoms with Crippen LogP contribution in [0.5, 0.6) is 0 Å². The number of amides is 1. The van der Waals surface area contributed by atoms with Gasteiger partial charge in [0, 0.05) is 55.9 Å². The number of sulfonamides is 1. The number of carbonyl (C=O) groups excluding carboxylic acids is 1. The molecule has 0 saturated carbocycles. The topological polar surface area (TPSA) is 60.9 Å². The van der Waals surface area contributed by atoms with Gasteiger partial charge in [0.15, 0.2) is 0 Å². The van der Waals surface area contributed by atoms with Crippen molar-refractivity contribution in [3.05, 3.63) is 65.5 Å². The van der Waals surface area contributed by atoms with Gasteiger partial charge in [0.1, 0.15) is 11.1 Å². The molecular formula is C25H30FN3O3S. The first kappa shape index (κ1) is 22.3. The molecule has 0 radical (unpaired) electrons. The van der Waals surface area contributed by atoms with Crippen LogP contribution in [0.2, 0.25) is 0 Å². The van der Waals surface area contributed by atoms with E-state index in [-0.39, 0.29) is 17.8 Å². The molecule has 3 fully saturated rings. The van der Waals surface area contributed by atoms with Crippen LogP contribution in [0.15, 0.2) is 48.5 Å². The Kier molecular flexibility index (Phi) is 5.91.